The number of rotatable bonds is 8. The van der Waals surface area contributed by atoms with Crippen LogP contribution in [0.2, 0.25) is 0 Å². The maximum Gasteiger partial charge on any atom is 0 e. The summed E-state index contributed by atoms with van der Waals surface area (Å²) in [5.74, 6) is 0. The second kappa shape index (κ2) is 49.9. The van der Waals surface area contributed by atoms with Crippen LogP contribution in [0.25, 0.3) is 21.3 Å². The zero-order valence-electron chi connectivity index (χ0n) is 15.9. The van der Waals surface area contributed by atoms with Gasteiger partial charge in [0.05, 0.1) is 0 Å². The Morgan fingerprint density at radius 2 is 0.429 bits per heavy atom. The number of nitrogens with zero attached hydrogens (tertiary/aromatic N) is 4. The second-order valence-corrected chi connectivity index (χ2v) is 3.42. The standard InChI is InChI=1S/4C4H10N.Nb/c4*1-3-5-4-2;/h4*3-4H2,1-2H3;/q4*-1;. The van der Waals surface area contributed by atoms with Gasteiger partial charge in [-0.1, -0.05) is 55.4 Å². The topological polar surface area (TPSA) is 56.4 Å². The molecule has 0 aliphatic heterocycles. The van der Waals surface area contributed by atoms with Gasteiger partial charge in [0.2, 0.25) is 0 Å². The molecule has 0 bridgehead atoms. The van der Waals surface area contributed by atoms with Gasteiger partial charge in [-0.3, -0.25) is 0 Å². The Labute approximate surface area is 151 Å². The van der Waals surface area contributed by atoms with Crippen LogP contribution < -0.4 is 0 Å². The van der Waals surface area contributed by atoms with Crippen molar-refractivity contribution in [3.05, 3.63) is 21.3 Å². The first-order valence-corrected chi connectivity index (χ1v) is 8.19. The average molecular weight is 381 g/mol. The van der Waals surface area contributed by atoms with Crippen molar-refractivity contribution in [2.75, 3.05) is 52.4 Å². The largest absolute Gasteiger partial charge is 0.663 e. The summed E-state index contributed by atoms with van der Waals surface area (Å²) in [6.45, 7) is 24.1. The van der Waals surface area contributed by atoms with Gasteiger partial charge in [-0.05, 0) is 0 Å². The Bertz CT molecular complexity index is 74.3. The molecule has 0 aromatic heterocycles. The molecule has 0 amide bonds. The molecule has 0 heterocycles. The Balaban J connectivity index is -0.0000000533. The summed E-state index contributed by atoms with van der Waals surface area (Å²) in [7, 11) is 0. The van der Waals surface area contributed by atoms with E-state index in [9.17, 15) is 0 Å². The first-order valence-electron chi connectivity index (χ1n) is 8.19. The predicted molar refractivity (Wildman–Crippen MR) is 97.8 cm³/mol. The minimum absolute atomic E-state index is 0. The molecule has 0 aliphatic carbocycles. The van der Waals surface area contributed by atoms with Gasteiger partial charge in [0.1, 0.15) is 0 Å². The quantitative estimate of drug-likeness (QED) is 0.492. The summed E-state index contributed by atoms with van der Waals surface area (Å²) in [5, 5.41) is 15.9. The average Bonchev–Trinajstić information content (AvgIpc) is 2.44. The molecule has 0 aromatic carbocycles. The zero-order valence-corrected chi connectivity index (χ0v) is 18.1. The molecule has 0 saturated heterocycles. The van der Waals surface area contributed by atoms with E-state index in [1.54, 1.807) is 0 Å². The molecular weight excluding hydrogens is 341 g/mol. The van der Waals surface area contributed by atoms with Crippen LogP contribution in [0, 0.1) is 0 Å². The molecule has 4 nitrogen and oxygen atoms in total. The van der Waals surface area contributed by atoms with E-state index in [0.717, 1.165) is 52.4 Å². The molecule has 0 fully saturated rings. The molecule has 0 atom stereocenters. The van der Waals surface area contributed by atoms with E-state index < -0.39 is 0 Å². The van der Waals surface area contributed by atoms with Crippen LogP contribution in [0.5, 0.6) is 0 Å². The fourth-order valence-electron chi connectivity index (χ4n) is 0.894. The van der Waals surface area contributed by atoms with Gasteiger partial charge >= 0.3 is 0 Å². The third-order valence-electron chi connectivity index (χ3n) is 1.79. The van der Waals surface area contributed by atoms with Crippen molar-refractivity contribution in [1.82, 2.24) is 0 Å². The molecule has 5 heteroatoms. The summed E-state index contributed by atoms with van der Waals surface area (Å²) in [4.78, 5) is 0. The third kappa shape index (κ3) is 96.5. The van der Waals surface area contributed by atoms with E-state index in [4.69, 9.17) is 0 Å². The van der Waals surface area contributed by atoms with Crippen molar-refractivity contribution in [2.24, 2.45) is 0 Å². The Kier molecular flexibility index (Phi) is 78.9. The van der Waals surface area contributed by atoms with E-state index in [1.807, 2.05) is 55.4 Å². The molecule has 0 saturated carbocycles. The summed E-state index contributed by atoms with van der Waals surface area (Å²) in [6, 6.07) is 0. The fraction of sp³-hybridized carbons (Fsp3) is 1.00. The summed E-state index contributed by atoms with van der Waals surface area (Å²) in [5.41, 5.74) is 0. The van der Waals surface area contributed by atoms with Crippen LogP contribution in [0.1, 0.15) is 55.4 Å². The molecule has 0 aromatic rings. The molecule has 0 rings (SSSR count). The normalized spacial score (nSPS) is 8.00. The van der Waals surface area contributed by atoms with Crippen molar-refractivity contribution < 1.29 is 22.4 Å². The number of hydrogen-bond acceptors (Lipinski definition) is 0. The SMILES string of the molecule is CC[N-]CC.CC[N-]CC.CC[N-]CC.CC[N-]CC.[Nb]. The minimum Gasteiger partial charge on any atom is -0.663 e. The van der Waals surface area contributed by atoms with Crippen LogP contribution in [0.3, 0.4) is 0 Å². The Morgan fingerprint density at radius 3 is 0.429 bits per heavy atom. The van der Waals surface area contributed by atoms with Crippen LogP contribution in [0.15, 0.2) is 0 Å². The maximum atomic E-state index is 3.97. The molecule has 133 valence electrons. The van der Waals surface area contributed by atoms with Gasteiger partial charge in [0, 0.05) is 22.4 Å². The molecule has 0 N–H and O–H groups in total. The molecule has 0 spiro atoms. The van der Waals surface area contributed by atoms with Gasteiger partial charge < -0.3 is 21.3 Å². The molecule has 0 aliphatic rings. The smallest absolute Gasteiger partial charge is 0 e. The van der Waals surface area contributed by atoms with Gasteiger partial charge in [0.15, 0.2) is 0 Å². The third-order valence-corrected chi connectivity index (χ3v) is 1.79. The van der Waals surface area contributed by atoms with Gasteiger partial charge in [-0.2, -0.15) is 52.4 Å². The van der Waals surface area contributed by atoms with Crippen LogP contribution in [-0.2, 0) is 22.4 Å². The van der Waals surface area contributed by atoms with Crippen molar-refractivity contribution in [1.29, 1.82) is 0 Å². The van der Waals surface area contributed by atoms with E-state index in [2.05, 4.69) is 21.3 Å². The van der Waals surface area contributed by atoms with Gasteiger partial charge in [-0.15, -0.1) is 0 Å². The van der Waals surface area contributed by atoms with Crippen LogP contribution >= 0.6 is 0 Å². The predicted octanol–water partition coefficient (Wildman–Crippen LogP) is 5.60. The van der Waals surface area contributed by atoms with E-state index >= 15 is 0 Å². The molecule has 21 heavy (non-hydrogen) atoms. The summed E-state index contributed by atoms with van der Waals surface area (Å²) in [6.07, 6.45) is 0. The van der Waals surface area contributed by atoms with E-state index in [1.165, 1.54) is 0 Å². The second-order valence-electron chi connectivity index (χ2n) is 3.42. The Morgan fingerprint density at radius 1 is 0.333 bits per heavy atom. The first kappa shape index (κ1) is 33.2. The Hall–Kier alpha value is 0.580. The molecular formula is C16H40N4Nb-4. The number of hydrogen-bond donors (Lipinski definition) is 0. The van der Waals surface area contributed by atoms with Crippen LogP contribution in [0.4, 0.5) is 0 Å². The van der Waals surface area contributed by atoms with Crippen LogP contribution in [-0.4, -0.2) is 52.4 Å². The monoisotopic (exact) mass is 381 g/mol. The molecule has 1 radical (unpaired) electrons. The van der Waals surface area contributed by atoms with Crippen molar-refractivity contribution in [2.45, 2.75) is 55.4 Å². The minimum atomic E-state index is 0. The van der Waals surface area contributed by atoms with Crippen molar-refractivity contribution >= 4 is 0 Å². The fourth-order valence-corrected chi connectivity index (χ4v) is 0.894. The van der Waals surface area contributed by atoms with Crippen molar-refractivity contribution in [3.63, 3.8) is 0 Å². The van der Waals surface area contributed by atoms with Gasteiger partial charge in [0.25, 0.3) is 0 Å². The molecule has 0 unspecified atom stereocenters. The summed E-state index contributed by atoms with van der Waals surface area (Å²) < 4.78 is 0. The zero-order chi connectivity index (χ0) is 16.5. The maximum absolute atomic E-state index is 3.97. The first-order chi connectivity index (χ1) is 9.66. The van der Waals surface area contributed by atoms with E-state index in [-0.39, 0.29) is 22.4 Å². The van der Waals surface area contributed by atoms with E-state index in [0.29, 0.717) is 0 Å². The van der Waals surface area contributed by atoms with Gasteiger partial charge in [-0.25, -0.2) is 0 Å². The summed E-state index contributed by atoms with van der Waals surface area (Å²) >= 11 is 0. The van der Waals surface area contributed by atoms with Crippen molar-refractivity contribution in [3.8, 4) is 0 Å².